The van der Waals surface area contributed by atoms with E-state index in [0.29, 0.717) is 0 Å². The Morgan fingerprint density at radius 3 is 2.12 bits per heavy atom. The molecule has 1 aliphatic rings. The molecule has 2 atom stereocenters. The zero-order valence-electron chi connectivity index (χ0n) is 9.91. The standard InChI is InChI=1S/C10H15F3N2O2/c1-6(16)15-4-7(9(17)14(2)3)8(5-15)10(11,12)13/h7-8H,4-5H2,1-3H3. The number of carbonyl (C=O) groups is 2. The van der Waals surface area contributed by atoms with Crippen molar-refractivity contribution in [2.45, 2.75) is 13.1 Å². The van der Waals surface area contributed by atoms with E-state index in [2.05, 4.69) is 0 Å². The van der Waals surface area contributed by atoms with Crippen molar-refractivity contribution in [2.24, 2.45) is 11.8 Å². The molecule has 0 aromatic carbocycles. The van der Waals surface area contributed by atoms with Gasteiger partial charge in [0.2, 0.25) is 11.8 Å². The number of hydrogen-bond acceptors (Lipinski definition) is 2. The second-order valence-electron chi connectivity index (χ2n) is 4.41. The third-order valence-corrected chi connectivity index (χ3v) is 2.94. The van der Waals surface area contributed by atoms with Crippen LogP contribution in [0.1, 0.15) is 6.92 Å². The van der Waals surface area contributed by atoms with Gasteiger partial charge in [-0.2, -0.15) is 13.2 Å². The van der Waals surface area contributed by atoms with E-state index in [1.54, 1.807) is 0 Å². The molecule has 98 valence electrons. The maximum Gasteiger partial charge on any atom is 0.394 e. The smallest absolute Gasteiger partial charge is 0.349 e. The van der Waals surface area contributed by atoms with Gasteiger partial charge in [0.1, 0.15) is 0 Å². The van der Waals surface area contributed by atoms with Crippen molar-refractivity contribution in [1.82, 2.24) is 9.80 Å². The minimum absolute atomic E-state index is 0.156. The van der Waals surface area contributed by atoms with Gasteiger partial charge < -0.3 is 9.80 Å². The fraction of sp³-hybridized carbons (Fsp3) is 0.800. The lowest BCUT2D eigenvalue weighted by Gasteiger charge is -2.22. The van der Waals surface area contributed by atoms with Gasteiger partial charge in [-0.3, -0.25) is 9.59 Å². The van der Waals surface area contributed by atoms with Crippen molar-refractivity contribution < 1.29 is 22.8 Å². The minimum Gasteiger partial charge on any atom is -0.349 e. The quantitative estimate of drug-likeness (QED) is 0.690. The Morgan fingerprint density at radius 1 is 1.24 bits per heavy atom. The van der Waals surface area contributed by atoms with Crippen LogP contribution >= 0.6 is 0 Å². The van der Waals surface area contributed by atoms with Gasteiger partial charge in [-0.05, 0) is 0 Å². The molecule has 0 saturated carbocycles. The lowest BCUT2D eigenvalue weighted by Crippen LogP contribution is -2.39. The van der Waals surface area contributed by atoms with Crippen molar-refractivity contribution in [2.75, 3.05) is 27.2 Å². The second kappa shape index (κ2) is 4.54. The van der Waals surface area contributed by atoms with Crippen LogP contribution in [0.3, 0.4) is 0 Å². The van der Waals surface area contributed by atoms with Gasteiger partial charge in [0, 0.05) is 34.1 Å². The summed E-state index contributed by atoms with van der Waals surface area (Å²) in [6.07, 6.45) is -4.46. The summed E-state index contributed by atoms with van der Waals surface area (Å²) in [5.41, 5.74) is 0. The summed E-state index contributed by atoms with van der Waals surface area (Å²) in [5, 5.41) is 0. The molecule has 1 saturated heterocycles. The summed E-state index contributed by atoms with van der Waals surface area (Å²) >= 11 is 0. The number of alkyl halides is 3. The minimum atomic E-state index is -4.46. The number of likely N-dealkylation sites (tertiary alicyclic amines) is 1. The highest BCUT2D eigenvalue weighted by Gasteiger charge is 2.53. The fourth-order valence-electron chi connectivity index (χ4n) is 1.97. The van der Waals surface area contributed by atoms with Gasteiger partial charge in [-0.25, -0.2) is 0 Å². The van der Waals surface area contributed by atoms with E-state index in [4.69, 9.17) is 0 Å². The third-order valence-electron chi connectivity index (χ3n) is 2.94. The largest absolute Gasteiger partial charge is 0.394 e. The van der Waals surface area contributed by atoms with E-state index in [1.165, 1.54) is 21.0 Å². The van der Waals surface area contributed by atoms with E-state index in [9.17, 15) is 22.8 Å². The van der Waals surface area contributed by atoms with E-state index < -0.39 is 36.4 Å². The highest BCUT2D eigenvalue weighted by molar-refractivity contribution is 5.81. The first-order chi connectivity index (χ1) is 7.64. The number of carbonyl (C=O) groups excluding carboxylic acids is 2. The molecule has 0 radical (unpaired) electrons. The molecular formula is C10H15F3N2O2. The molecule has 0 spiro atoms. The summed E-state index contributed by atoms with van der Waals surface area (Å²) in [4.78, 5) is 25.0. The first-order valence-corrected chi connectivity index (χ1v) is 5.18. The zero-order valence-corrected chi connectivity index (χ0v) is 9.91. The molecule has 7 heteroatoms. The van der Waals surface area contributed by atoms with Crippen LogP contribution in [0.2, 0.25) is 0 Å². The highest BCUT2D eigenvalue weighted by atomic mass is 19.4. The van der Waals surface area contributed by atoms with Gasteiger partial charge in [-0.15, -0.1) is 0 Å². The lowest BCUT2D eigenvalue weighted by atomic mass is 9.94. The Hall–Kier alpha value is -1.27. The van der Waals surface area contributed by atoms with Crippen LogP contribution in [-0.2, 0) is 9.59 Å². The predicted octanol–water partition coefficient (Wildman–Crippen LogP) is 0.731. The molecule has 0 aromatic heterocycles. The summed E-state index contributed by atoms with van der Waals surface area (Å²) in [6, 6.07) is 0. The first-order valence-electron chi connectivity index (χ1n) is 5.18. The molecule has 0 N–H and O–H groups in total. The number of nitrogens with zero attached hydrogens (tertiary/aromatic N) is 2. The van der Waals surface area contributed by atoms with Gasteiger partial charge in [0.15, 0.2) is 0 Å². The van der Waals surface area contributed by atoms with Crippen LogP contribution < -0.4 is 0 Å². The predicted molar refractivity (Wildman–Crippen MR) is 54.0 cm³/mol. The molecule has 2 unspecified atom stereocenters. The van der Waals surface area contributed by atoms with Crippen molar-refractivity contribution >= 4 is 11.8 Å². The van der Waals surface area contributed by atoms with E-state index in [0.717, 1.165) is 9.80 Å². The lowest BCUT2D eigenvalue weighted by molar-refractivity contribution is -0.185. The van der Waals surface area contributed by atoms with Crippen LogP contribution in [0.15, 0.2) is 0 Å². The molecule has 1 heterocycles. The average molecular weight is 252 g/mol. The van der Waals surface area contributed by atoms with Crippen molar-refractivity contribution in [3.8, 4) is 0 Å². The normalized spacial score (nSPS) is 24.9. The van der Waals surface area contributed by atoms with Crippen molar-refractivity contribution in [3.63, 3.8) is 0 Å². The van der Waals surface area contributed by atoms with E-state index in [1.807, 2.05) is 0 Å². The SMILES string of the molecule is CC(=O)N1CC(C(=O)N(C)C)C(C(F)(F)F)C1. The van der Waals surface area contributed by atoms with Gasteiger partial charge >= 0.3 is 6.18 Å². The van der Waals surface area contributed by atoms with Crippen molar-refractivity contribution in [1.29, 1.82) is 0 Å². The van der Waals surface area contributed by atoms with Crippen LogP contribution in [0.5, 0.6) is 0 Å². The number of amides is 2. The van der Waals surface area contributed by atoms with E-state index in [-0.39, 0.29) is 6.54 Å². The molecule has 2 amide bonds. The number of halogens is 3. The van der Waals surface area contributed by atoms with Crippen LogP contribution in [0, 0.1) is 11.8 Å². The monoisotopic (exact) mass is 252 g/mol. The number of hydrogen-bond donors (Lipinski definition) is 0. The zero-order chi connectivity index (χ0) is 13.4. The van der Waals surface area contributed by atoms with E-state index >= 15 is 0 Å². The Bertz CT molecular complexity index is 328. The van der Waals surface area contributed by atoms with Crippen LogP contribution in [-0.4, -0.2) is 55.0 Å². The number of rotatable bonds is 1. The summed E-state index contributed by atoms with van der Waals surface area (Å²) < 4.78 is 38.3. The molecule has 4 nitrogen and oxygen atoms in total. The Morgan fingerprint density at radius 2 is 1.76 bits per heavy atom. The average Bonchev–Trinajstić information content (AvgIpc) is 2.59. The van der Waals surface area contributed by atoms with Gasteiger partial charge in [-0.1, -0.05) is 0 Å². The first kappa shape index (κ1) is 13.8. The maximum atomic E-state index is 12.8. The molecule has 0 bridgehead atoms. The second-order valence-corrected chi connectivity index (χ2v) is 4.41. The molecule has 1 fully saturated rings. The highest BCUT2D eigenvalue weighted by Crippen LogP contribution is 2.38. The Labute approximate surface area is 97.4 Å². The topological polar surface area (TPSA) is 40.6 Å². The fourth-order valence-corrected chi connectivity index (χ4v) is 1.97. The molecule has 1 aliphatic heterocycles. The van der Waals surface area contributed by atoms with Gasteiger partial charge in [0.05, 0.1) is 11.8 Å². The molecule has 17 heavy (non-hydrogen) atoms. The van der Waals surface area contributed by atoms with Crippen LogP contribution in [0.4, 0.5) is 13.2 Å². The third kappa shape index (κ3) is 2.89. The maximum absolute atomic E-state index is 12.8. The Kier molecular flexibility index (Phi) is 3.68. The van der Waals surface area contributed by atoms with Crippen LogP contribution in [0.25, 0.3) is 0 Å². The van der Waals surface area contributed by atoms with Crippen molar-refractivity contribution in [3.05, 3.63) is 0 Å². The summed E-state index contributed by atoms with van der Waals surface area (Å²) in [7, 11) is 2.82. The molecule has 0 aromatic rings. The molecular weight excluding hydrogens is 237 g/mol. The summed E-state index contributed by atoms with van der Waals surface area (Å²) in [5.74, 6) is -3.97. The molecule has 0 aliphatic carbocycles. The Balaban J connectivity index is 2.93. The molecule has 1 rings (SSSR count). The van der Waals surface area contributed by atoms with Gasteiger partial charge in [0.25, 0.3) is 0 Å². The summed E-state index contributed by atoms with van der Waals surface area (Å²) in [6.45, 7) is 0.621.